The van der Waals surface area contributed by atoms with Crippen LogP contribution in [0, 0.1) is 0 Å². The lowest BCUT2D eigenvalue weighted by molar-refractivity contribution is 0.579. The number of benzene rings is 2. The van der Waals surface area contributed by atoms with Crippen molar-refractivity contribution in [3.05, 3.63) is 42.5 Å². The number of fused-ring (bicyclic) bond motifs is 1. The number of anilines is 1. The third-order valence-corrected chi connectivity index (χ3v) is 3.46. The van der Waals surface area contributed by atoms with Crippen molar-refractivity contribution in [3.8, 4) is 0 Å². The quantitative estimate of drug-likeness (QED) is 0.693. The van der Waals surface area contributed by atoms with Crippen molar-refractivity contribution in [1.82, 2.24) is 0 Å². The lowest BCUT2D eigenvalue weighted by atomic mass is 10.1. The van der Waals surface area contributed by atoms with Crippen molar-refractivity contribution in [2.24, 2.45) is 0 Å². The molecule has 0 atom stereocenters. The summed E-state index contributed by atoms with van der Waals surface area (Å²) >= 11 is 0. The summed E-state index contributed by atoms with van der Waals surface area (Å²) in [5.41, 5.74) is 1.41. The summed E-state index contributed by atoms with van der Waals surface area (Å²) in [6.45, 7) is 2.43. The molecule has 1 aliphatic heterocycles. The van der Waals surface area contributed by atoms with Gasteiger partial charge in [-0.1, -0.05) is 36.4 Å². The normalized spacial score (nSPS) is 16.6. The van der Waals surface area contributed by atoms with Crippen LogP contribution in [0.4, 0.5) is 5.69 Å². The summed E-state index contributed by atoms with van der Waals surface area (Å²) in [5, 5.41) is 2.75. The molecule has 1 nitrogen and oxygen atoms in total. The molecule has 82 valence electrons. The molecular weight excluding hydrogens is 194 g/mol. The van der Waals surface area contributed by atoms with E-state index in [2.05, 4.69) is 47.4 Å². The molecule has 2 aromatic rings. The van der Waals surface area contributed by atoms with Crippen LogP contribution in [0.5, 0.6) is 0 Å². The smallest absolute Gasteiger partial charge is 0.0445 e. The van der Waals surface area contributed by atoms with Crippen LogP contribution in [-0.2, 0) is 0 Å². The fraction of sp³-hybridized carbons (Fsp3) is 0.333. The maximum Gasteiger partial charge on any atom is 0.0445 e. The second-order valence-electron chi connectivity index (χ2n) is 4.55. The molecule has 3 rings (SSSR count). The van der Waals surface area contributed by atoms with Crippen LogP contribution in [0.25, 0.3) is 10.8 Å². The van der Waals surface area contributed by atoms with Crippen molar-refractivity contribution in [2.45, 2.75) is 19.3 Å². The highest BCUT2D eigenvalue weighted by Gasteiger charge is 2.12. The molecule has 0 unspecified atom stereocenters. The van der Waals surface area contributed by atoms with Gasteiger partial charge >= 0.3 is 0 Å². The van der Waals surface area contributed by atoms with Gasteiger partial charge < -0.3 is 4.90 Å². The lowest BCUT2D eigenvalue weighted by Crippen LogP contribution is -2.29. The SMILES string of the molecule is c1ccc2c(N3CCCCC3)cccc2c1. The minimum absolute atomic E-state index is 1.22. The van der Waals surface area contributed by atoms with Gasteiger partial charge in [-0.25, -0.2) is 0 Å². The Morgan fingerprint density at radius 3 is 2.38 bits per heavy atom. The molecular formula is C15H17N. The maximum absolute atomic E-state index is 2.53. The van der Waals surface area contributed by atoms with E-state index in [0.717, 1.165) is 0 Å². The van der Waals surface area contributed by atoms with Crippen LogP contribution in [0.3, 0.4) is 0 Å². The first kappa shape index (κ1) is 9.71. The van der Waals surface area contributed by atoms with E-state index in [1.165, 1.54) is 48.8 Å². The van der Waals surface area contributed by atoms with Crippen LogP contribution in [0.1, 0.15) is 19.3 Å². The zero-order valence-corrected chi connectivity index (χ0v) is 9.52. The van der Waals surface area contributed by atoms with E-state index in [1.54, 1.807) is 0 Å². The second-order valence-corrected chi connectivity index (χ2v) is 4.55. The predicted octanol–water partition coefficient (Wildman–Crippen LogP) is 3.83. The molecule has 1 saturated heterocycles. The monoisotopic (exact) mass is 211 g/mol. The Kier molecular flexibility index (Phi) is 2.53. The third kappa shape index (κ3) is 1.67. The largest absolute Gasteiger partial charge is 0.371 e. The zero-order chi connectivity index (χ0) is 10.8. The summed E-state index contributed by atoms with van der Waals surface area (Å²) in [7, 11) is 0. The van der Waals surface area contributed by atoms with E-state index >= 15 is 0 Å². The predicted molar refractivity (Wildman–Crippen MR) is 70.0 cm³/mol. The van der Waals surface area contributed by atoms with Crippen molar-refractivity contribution in [2.75, 3.05) is 18.0 Å². The van der Waals surface area contributed by atoms with Crippen molar-refractivity contribution in [3.63, 3.8) is 0 Å². The summed E-state index contributed by atoms with van der Waals surface area (Å²) in [4.78, 5) is 2.53. The highest BCUT2D eigenvalue weighted by molar-refractivity contribution is 5.94. The van der Waals surface area contributed by atoms with Crippen LogP contribution in [0.2, 0.25) is 0 Å². The summed E-state index contributed by atoms with van der Waals surface area (Å²) in [5.74, 6) is 0. The second kappa shape index (κ2) is 4.17. The van der Waals surface area contributed by atoms with E-state index in [-0.39, 0.29) is 0 Å². The van der Waals surface area contributed by atoms with Crippen LogP contribution >= 0.6 is 0 Å². The molecule has 0 bridgehead atoms. The minimum atomic E-state index is 1.22. The fourth-order valence-electron chi connectivity index (χ4n) is 2.62. The highest BCUT2D eigenvalue weighted by atomic mass is 15.1. The van der Waals surface area contributed by atoms with Crippen molar-refractivity contribution >= 4 is 16.5 Å². The van der Waals surface area contributed by atoms with E-state index < -0.39 is 0 Å². The molecule has 1 aliphatic rings. The molecule has 2 aromatic carbocycles. The molecule has 0 N–H and O–H groups in total. The van der Waals surface area contributed by atoms with Crippen molar-refractivity contribution < 1.29 is 0 Å². The van der Waals surface area contributed by atoms with Gasteiger partial charge in [-0.3, -0.25) is 0 Å². The summed E-state index contributed by atoms with van der Waals surface area (Å²) < 4.78 is 0. The number of hydrogen-bond acceptors (Lipinski definition) is 1. The Labute approximate surface area is 96.7 Å². The fourth-order valence-corrected chi connectivity index (χ4v) is 2.62. The van der Waals surface area contributed by atoms with E-state index in [9.17, 15) is 0 Å². The number of nitrogens with zero attached hydrogens (tertiary/aromatic N) is 1. The molecule has 1 heterocycles. The van der Waals surface area contributed by atoms with Crippen LogP contribution in [0.15, 0.2) is 42.5 Å². The Balaban J connectivity index is 2.08. The van der Waals surface area contributed by atoms with E-state index in [1.807, 2.05) is 0 Å². The van der Waals surface area contributed by atoms with Crippen LogP contribution in [-0.4, -0.2) is 13.1 Å². The first-order valence-corrected chi connectivity index (χ1v) is 6.18. The zero-order valence-electron chi connectivity index (χ0n) is 9.52. The van der Waals surface area contributed by atoms with Gasteiger partial charge in [0.1, 0.15) is 0 Å². The number of hydrogen-bond donors (Lipinski definition) is 0. The van der Waals surface area contributed by atoms with Gasteiger partial charge in [0.2, 0.25) is 0 Å². The minimum Gasteiger partial charge on any atom is -0.371 e. The standard InChI is InChI=1S/C15H17N/c1-4-11-16(12-5-1)15-10-6-8-13-7-2-3-9-14(13)15/h2-3,6-10H,1,4-5,11-12H2. The first-order chi connectivity index (χ1) is 7.95. The van der Waals surface area contributed by atoms with Gasteiger partial charge in [0.05, 0.1) is 0 Å². The van der Waals surface area contributed by atoms with Gasteiger partial charge in [0.25, 0.3) is 0 Å². The molecule has 0 radical (unpaired) electrons. The Bertz CT molecular complexity index is 478. The van der Waals surface area contributed by atoms with Crippen molar-refractivity contribution in [1.29, 1.82) is 0 Å². The van der Waals surface area contributed by atoms with Gasteiger partial charge in [-0.05, 0) is 30.7 Å². The maximum atomic E-state index is 2.53. The molecule has 0 spiro atoms. The third-order valence-electron chi connectivity index (χ3n) is 3.46. The molecule has 0 aromatic heterocycles. The first-order valence-electron chi connectivity index (χ1n) is 6.18. The molecule has 1 heteroatoms. The van der Waals surface area contributed by atoms with Crippen LogP contribution < -0.4 is 4.90 Å². The molecule has 16 heavy (non-hydrogen) atoms. The average molecular weight is 211 g/mol. The summed E-state index contributed by atoms with van der Waals surface area (Å²) in [6, 6.07) is 15.3. The van der Waals surface area contributed by atoms with E-state index in [0.29, 0.717) is 0 Å². The molecule has 0 saturated carbocycles. The highest BCUT2D eigenvalue weighted by Crippen LogP contribution is 2.28. The number of rotatable bonds is 1. The number of piperidine rings is 1. The van der Waals surface area contributed by atoms with Gasteiger partial charge in [-0.15, -0.1) is 0 Å². The van der Waals surface area contributed by atoms with Gasteiger partial charge in [-0.2, -0.15) is 0 Å². The van der Waals surface area contributed by atoms with E-state index in [4.69, 9.17) is 0 Å². The average Bonchev–Trinajstić information content (AvgIpc) is 2.39. The molecule has 0 amide bonds. The summed E-state index contributed by atoms with van der Waals surface area (Å²) in [6.07, 6.45) is 4.06. The van der Waals surface area contributed by atoms with Gasteiger partial charge in [0.15, 0.2) is 0 Å². The topological polar surface area (TPSA) is 3.24 Å². The lowest BCUT2D eigenvalue weighted by Gasteiger charge is -2.29. The molecule has 0 aliphatic carbocycles. The Hall–Kier alpha value is -1.50. The Morgan fingerprint density at radius 2 is 1.50 bits per heavy atom. The van der Waals surface area contributed by atoms with Gasteiger partial charge in [0, 0.05) is 24.2 Å². The Morgan fingerprint density at radius 1 is 0.750 bits per heavy atom. The molecule has 1 fully saturated rings.